The van der Waals surface area contributed by atoms with E-state index in [-0.39, 0.29) is 0 Å². The third kappa shape index (κ3) is 1.10. The van der Waals surface area contributed by atoms with Gasteiger partial charge >= 0.3 is 88.1 Å². The van der Waals surface area contributed by atoms with E-state index in [4.69, 9.17) is 0 Å². The molecule has 0 fully saturated rings. The van der Waals surface area contributed by atoms with Gasteiger partial charge < -0.3 is 0 Å². The van der Waals surface area contributed by atoms with Crippen molar-refractivity contribution in [3.63, 3.8) is 0 Å². The summed E-state index contributed by atoms with van der Waals surface area (Å²) in [5, 5.41) is 0. The number of hydrogen-bond acceptors (Lipinski definition) is 0. The number of hydrogen-bond donors (Lipinski definition) is 0. The minimum absolute atomic E-state index is 0.914. The van der Waals surface area contributed by atoms with Crippen LogP contribution in [0.1, 0.15) is 0 Å². The summed E-state index contributed by atoms with van der Waals surface area (Å²) in [6.07, 6.45) is 12.2. The van der Waals surface area contributed by atoms with Gasteiger partial charge in [0, 0.05) is 0 Å². The van der Waals surface area contributed by atoms with Crippen molar-refractivity contribution in [2.45, 2.75) is 5.88 Å². The molecule has 0 aromatic rings. The summed E-state index contributed by atoms with van der Waals surface area (Å²) in [6.45, 7) is 0. The topological polar surface area (TPSA) is 0 Å². The fourth-order valence-corrected chi connectivity index (χ4v) is 34.0. The molecule has 2 heteroatoms. The third-order valence-corrected chi connectivity index (χ3v) is 29.0. The molecule has 12 heavy (non-hydrogen) atoms. The van der Waals surface area contributed by atoms with E-state index in [2.05, 4.69) is 42.7 Å². The minimum atomic E-state index is -1.15. The summed E-state index contributed by atoms with van der Waals surface area (Å²) in [7, 11) is 0. The van der Waals surface area contributed by atoms with Crippen LogP contribution in [0.4, 0.5) is 0 Å². The predicted octanol–water partition coefficient (Wildman–Crippen LogP) is 2.14. The van der Waals surface area contributed by atoms with Gasteiger partial charge in [0.15, 0.2) is 0 Å². The van der Waals surface area contributed by atoms with Crippen LogP contribution < -0.4 is 0 Å². The molecule has 58 valence electrons. The van der Waals surface area contributed by atoms with Crippen LogP contribution in [0.15, 0.2) is 42.7 Å². The molecule has 1 unspecified atom stereocenters. The average molecular weight is 368 g/mol. The van der Waals surface area contributed by atoms with Crippen LogP contribution in [-0.4, -0.2) is 39.5 Å². The Hall–Kier alpha value is 0.557. The average Bonchev–Trinajstić information content (AvgIpc) is 2.20. The first kappa shape index (κ1) is 7.92. The molecule has 0 nitrogen and oxygen atoms in total. The zero-order valence-corrected chi connectivity index (χ0v) is 12.5. The summed E-state index contributed by atoms with van der Waals surface area (Å²) < 4.78 is 9.86. The van der Waals surface area contributed by atoms with E-state index in [9.17, 15) is 0 Å². The zero-order valence-electron chi connectivity index (χ0n) is 6.77. The first-order valence-electron chi connectivity index (χ1n) is 4.40. The molecule has 4 aliphatic heterocycles. The molecule has 4 heterocycles. The molecule has 2 bridgehead atoms. The van der Waals surface area contributed by atoms with Crippen LogP contribution >= 0.6 is 0 Å². The molecule has 0 saturated carbocycles. The second-order valence-electron chi connectivity index (χ2n) is 3.47. The van der Waals surface area contributed by atoms with Crippen LogP contribution in [0.5, 0.6) is 0 Å². The van der Waals surface area contributed by atoms with E-state index >= 15 is 0 Å². The molecule has 2 radical (unpaired) electrons. The summed E-state index contributed by atoms with van der Waals surface area (Å²) >= 11 is -2.28. The van der Waals surface area contributed by atoms with Crippen molar-refractivity contribution in [3.8, 4) is 0 Å². The van der Waals surface area contributed by atoms with Gasteiger partial charge in [0.2, 0.25) is 0 Å². The van der Waals surface area contributed by atoms with Crippen LogP contribution in [0.3, 0.4) is 0 Å². The standard InChI is InChI=1S/2C5H5.2Sn/c2*1-3-5-4-2;;/h2*1-5H;;. The quantitative estimate of drug-likeness (QED) is 0.576. The van der Waals surface area contributed by atoms with Crippen LogP contribution in [-0.2, 0) is 0 Å². The van der Waals surface area contributed by atoms with Crippen molar-refractivity contribution < 1.29 is 0 Å². The van der Waals surface area contributed by atoms with Crippen LogP contribution in [0.25, 0.3) is 0 Å². The maximum atomic E-state index is 2.60. The van der Waals surface area contributed by atoms with Crippen LogP contribution in [0.2, 0.25) is 5.88 Å². The fraction of sp³-hybridized carbons (Fsp3) is 0.200. The second-order valence-corrected chi connectivity index (χ2v) is 22.2. The number of allylic oxidation sites excluding steroid dienone is 5. The van der Waals surface area contributed by atoms with Gasteiger partial charge in [-0.3, -0.25) is 0 Å². The van der Waals surface area contributed by atoms with Gasteiger partial charge in [-0.15, -0.1) is 0 Å². The van der Waals surface area contributed by atoms with Crippen molar-refractivity contribution in [1.82, 2.24) is 0 Å². The first-order valence-corrected chi connectivity index (χ1v) is 14.3. The van der Waals surface area contributed by atoms with Gasteiger partial charge in [0.1, 0.15) is 0 Å². The fourth-order valence-electron chi connectivity index (χ4n) is 2.16. The zero-order chi connectivity index (χ0) is 7.97. The Bertz CT molecular complexity index is 268. The Morgan fingerprint density at radius 1 is 0.833 bits per heavy atom. The first-order chi connectivity index (χ1) is 5.95. The molecule has 0 saturated heterocycles. The summed E-state index contributed by atoms with van der Waals surface area (Å²) in [5.74, 6) is 0. The second kappa shape index (κ2) is 3.05. The van der Waals surface area contributed by atoms with Crippen LogP contribution in [0, 0.1) is 0 Å². The molecule has 0 aromatic carbocycles. The molecule has 0 spiro atoms. The third-order valence-electron chi connectivity index (χ3n) is 2.80. The Labute approximate surface area is 87.2 Å². The molecule has 4 aliphatic rings. The molecular formula is C10H10Sn2. The van der Waals surface area contributed by atoms with Crippen molar-refractivity contribution in [2.24, 2.45) is 0 Å². The van der Waals surface area contributed by atoms with E-state index in [0.29, 0.717) is 0 Å². The Morgan fingerprint density at radius 3 is 2.42 bits per heavy atom. The Kier molecular flexibility index (Phi) is 2.01. The van der Waals surface area contributed by atoms with Gasteiger partial charge in [-0.1, -0.05) is 0 Å². The molecular weight excluding hydrogens is 358 g/mol. The normalized spacial score (nSPS) is 37.7. The van der Waals surface area contributed by atoms with Crippen molar-refractivity contribution in [1.29, 1.82) is 0 Å². The number of rotatable bonds is 0. The molecule has 0 aliphatic carbocycles. The van der Waals surface area contributed by atoms with E-state index in [1.54, 1.807) is 0 Å². The van der Waals surface area contributed by atoms with E-state index in [0.717, 1.165) is 5.88 Å². The summed E-state index contributed by atoms with van der Waals surface area (Å²) in [4.78, 5) is 0. The van der Waals surface area contributed by atoms with Crippen molar-refractivity contribution in [3.05, 3.63) is 42.7 Å². The van der Waals surface area contributed by atoms with Gasteiger partial charge in [0.05, 0.1) is 0 Å². The van der Waals surface area contributed by atoms with E-state index < -0.39 is 39.5 Å². The molecule has 0 N–H and O–H groups in total. The van der Waals surface area contributed by atoms with E-state index in [1.807, 2.05) is 0 Å². The summed E-state index contributed by atoms with van der Waals surface area (Å²) in [6, 6.07) is 0. The van der Waals surface area contributed by atoms with Gasteiger partial charge in [-0.05, 0) is 0 Å². The molecule has 1 atom stereocenters. The van der Waals surface area contributed by atoms with Gasteiger partial charge in [-0.2, -0.15) is 0 Å². The molecule has 4 rings (SSSR count). The Morgan fingerprint density at radius 2 is 1.67 bits per heavy atom. The van der Waals surface area contributed by atoms with Gasteiger partial charge in [0.25, 0.3) is 0 Å². The monoisotopic (exact) mass is 370 g/mol. The predicted molar refractivity (Wildman–Crippen MR) is 55.6 cm³/mol. The van der Waals surface area contributed by atoms with Crippen molar-refractivity contribution >= 4 is 39.5 Å². The Balaban J connectivity index is 2.08. The SMILES string of the molecule is C1=C[CH]2[Sn]3[CH]=C[CH](C=[CH]3)[Sn]2[CH]=C1. The van der Waals surface area contributed by atoms with Gasteiger partial charge in [-0.25, -0.2) is 0 Å². The van der Waals surface area contributed by atoms with E-state index in [1.165, 1.54) is 0 Å². The maximum absolute atomic E-state index is 2.60. The summed E-state index contributed by atoms with van der Waals surface area (Å²) in [5.41, 5.74) is 0. The van der Waals surface area contributed by atoms with Crippen molar-refractivity contribution in [2.75, 3.05) is 0 Å². The molecule has 0 amide bonds. The molecule has 0 aromatic heterocycles.